The minimum absolute atomic E-state index is 0.439. The molecule has 0 bridgehead atoms. The van der Waals surface area contributed by atoms with Crippen LogP contribution in [0.25, 0.3) is 11.0 Å². The number of aryl methyl sites for hydroxylation is 1. The van der Waals surface area contributed by atoms with Crippen molar-refractivity contribution >= 4 is 32.8 Å². The van der Waals surface area contributed by atoms with E-state index in [0.717, 1.165) is 15.5 Å². The average Bonchev–Trinajstić information content (AvgIpc) is 2.87. The van der Waals surface area contributed by atoms with E-state index in [2.05, 4.69) is 36.1 Å². The second-order valence-electron chi connectivity index (χ2n) is 3.89. The number of anilines is 1. The highest BCUT2D eigenvalue weighted by molar-refractivity contribution is 9.10. The van der Waals surface area contributed by atoms with Crippen LogP contribution in [0.5, 0.6) is 0 Å². The summed E-state index contributed by atoms with van der Waals surface area (Å²) in [5, 5.41) is 9.04. The van der Waals surface area contributed by atoms with Gasteiger partial charge in [-0.3, -0.25) is 9.36 Å². The highest BCUT2D eigenvalue weighted by Crippen LogP contribution is 2.17. The van der Waals surface area contributed by atoms with Gasteiger partial charge in [0.25, 0.3) is 0 Å². The van der Waals surface area contributed by atoms with E-state index in [1.165, 1.54) is 0 Å². The van der Waals surface area contributed by atoms with E-state index in [0.29, 0.717) is 18.2 Å². The smallest absolute Gasteiger partial charge is 0.163 e. The highest BCUT2D eigenvalue weighted by atomic mass is 79.9. The average molecular weight is 308 g/mol. The Morgan fingerprint density at radius 1 is 1.28 bits per heavy atom. The molecule has 8 heteroatoms. The minimum Gasteiger partial charge on any atom is -0.383 e. The summed E-state index contributed by atoms with van der Waals surface area (Å²) in [6.45, 7) is 0.469. The molecule has 3 rings (SSSR count). The molecule has 0 saturated heterocycles. The Hall–Kier alpha value is -1.96. The molecule has 0 radical (unpaired) electrons. The standard InChI is InChI=1S/C10H10BrN7/c1-17-10-7(3-13-17)9(12)15-8(16-10)5-18-4-6(11)2-14-18/h2-4H,5H2,1H3,(H2,12,15,16). The fourth-order valence-electron chi connectivity index (χ4n) is 1.73. The lowest BCUT2D eigenvalue weighted by molar-refractivity contribution is 0.655. The summed E-state index contributed by atoms with van der Waals surface area (Å²) in [7, 11) is 1.82. The molecule has 0 aliphatic rings. The summed E-state index contributed by atoms with van der Waals surface area (Å²) in [6, 6.07) is 0. The van der Waals surface area contributed by atoms with Gasteiger partial charge in [-0.15, -0.1) is 0 Å². The number of aromatic nitrogens is 6. The van der Waals surface area contributed by atoms with Gasteiger partial charge in [0.15, 0.2) is 11.5 Å². The Bertz CT molecular complexity index is 714. The van der Waals surface area contributed by atoms with Crippen LogP contribution in [-0.4, -0.2) is 29.5 Å². The SMILES string of the molecule is Cn1ncc2c(N)nc(Cn3cc(Br)cn3)nc21. The van der Waals surface area contributed by atoms with Gasteiger partial charge in [0.05, 0.1) is 22.3 Å². The van der Waals surface area contributed by atoms with E-state index in [4.69, 9.17) is 5.73 Å². The molecular formula is C10H10BrN7. The largest absolute Gasteiger partial charge is 0.383 e. The van der Waals surface area contributed by atoms with E-state index < -0.39 is 0 Å². The van der Waals surface area contributed by atoms with Crippen LogP contribution in [-0.2, 0) is 13.6 Å². The molecular weight excluding hydrogens is 298 g/mol. The van der Waals surface area contributed by atoms with Crippen molar-refractivity contribution in [1.82, 2.24) is 29.5 Å². The Balaban J connectivity index is 2.04. The van der Waals surface area contributed by atoms with Crippen molar-refractivity contribution in [3.05, 3.63) is 28.9 Å². The molecule has 0 unspecified atom stereocenters. The summed E-state index contributed by atoms with van der Waals surface area (Å²) in [5.41, 5.74) is 6.61. The normalized spacial score (nSPS) is 11.2. The summed E-state index contributed by atoms with van der Waals surface area (Å²) >= 11 is 3.34. The van der Waals surface area contributed by atoms with Crippen LogP contribution in [0.1, 0.15) is 5.82 Å². The van der Waals surface area contributed by atoms with Gasteiger partial charge < -0.3 is 5.73 Å². The Labute approximate surface area is 111 Å². The van der Waals surface area contributed by atoms with Crippen LogP contribution in [0, 0.1) is 0 Å². The second-order valence-corrected chi connectivity index (χ2v) is 4.80. The summed E-state index contributed by atoms with van der Waals surface area (Å²) in [5.74, 6) is 1.05. The van der Waals surface area contributed by atoms with E-state index in [1.807, 2.05) is 13.2 Å². The van der Waals surface area contributed by atoms with Crippen molar-refractivity contribution in [3.63, 3.8) is 0 Å². The van der Waals surface area contributed by atoms with Crippen molar-refractivity contribution in [2.45, 2.75) is 6.54 Å². The number of hydrogen-bond acceptors (Lipinski definition) is 5. The fourth-order valence-corrected chi connectivity index (χ4v) is 2.06. The molecule has 0 saturated carbocycles. The number of fused-ring (bicyclic) bond motifs is 1. The zero-order valence-electron chi connectivity index (χ0n) is 9.58. The lowest BCUT2D eigenvalue weighted by atomic mass is 10.4. The lowest BCUT2D eigenvalue weighted by Gasteiger charge is -2.03. The number of halogens is 1. The molecule has 18 heavy (non-hydrogen) atoms. The molecule has 3 heterocycles. The van der Waals surface area contributed by atoms with Gasteiger partial charge in [-0.1, -0.05) is 0 Å². The lowest BCUT2D eigenvalue weighted by Crippen LogP contribution is -2.08. The summed E-state index contributed by atoms with van der Waals surface area (Å²) < 4.78 is 4.33. The van der Waals surface area contributed by atoms with Crippen LogP contribution in [0.15, 0.2) is 23.1 Å². The quantitative estimate of drug-likeness (QED) is 0.761. The molecule has 7 nitrogen and oxygen atoms in total. The Morgan fingerprint density at radius 2 is 2.11 bits per heavy atom. The fraction of sp³-hybridized carbons (Fsp3) is 0.200. The maximum Gasteiger partial charge on any atom is 0.163 e. The van der Waals surface area contributed by atoms with E-state index >= 15 is 0 Å². The first-order valence-corrected chi connectivity index (χ1v) is 6.05. The monoisotopic (exact) mass is 307 g/mol. The number of hydrogen-bond donors (Lipinski definition) is 1. The molecule has 0 aliphatic carbocycles. The number of nitrogen functional groups attached to an aromatic ring is 1. The van der Waals surface area contributed by atoms with Gasteiger partial charge in [-0.25, -0.2) is 9.97 Å². The van der Waals surface area contributed by atoms with Crippen LogP contribution >= 0.6 is 15.9 Å². The molecule has 3 aromatic rings. The minimum atomic E-state index is 0.439. The van der Waals surface area contributed by atoms with Crippen molar-refractivity contribution in [2.24, 2.45) is 7.05 Å². The van der Waals surface area contributed by atoms with Gasteiger partial charge in [0, 0.05) is 13.2 Å². The molecule has 0 amide bonds. The zero-order valence-corrected chi connectivity index (χ0v) is 11.2. The zero-order chi connectivity index (χ0) is 12.7. The topological polar surface area (TPSA) is 87.4 Å². The molecule has 0 spiro atoms. The van der Waals surface area contributed by atoms with Gasteiger partial charge >= 0.3 is 0 Å². The maximum absolute atomic E-state index is 5.89. The van der Waals surface area contributed by atoms with Gasteiger partial charge in [0.1, 0.15) is 12.4 Å². The highest BCUT2D eigenvalue weighted by Gasteiger charge is 2.09. The third-order valence-electron chi connectivity index (χ3n) is 2.57. The predicted molar refractivity (Wildman–Crippen MR) is 69.7 cm³/mol. The maximum atomic E-state index is 5.89. The molecule has 3 aromatic heterocycles. The molecule has 92 valence electrons. The number of rotatable bonds is 2. The van der Waals surface area contributed by atoms with Gasteiger partial charge in [-0.05, 0) is 15.9 Å². The summed E-state index contributed by atoms with van der Waals surface area (Å²) in [6.07, 6.45) is 5.23. The van der Waals surface area contributed by atoms with Crippen LogP contribution in [0.2, 0.25) is 0 Å². The van der Waals surface area contributed by atoms with Gasteiger partial charge in [-0.2, -0.15) is 10.2 Å². The molecule has 2 N–H and O–H groups in total. The second kappa shape index (κ2) is 4.05. The third kappa shape index (κ3) is 1.84. The third-order valence-corrected chi connectivity index (χ3v) is 2.98. The molecule has 0 atom stereocenters. The molecule has 0 aliphatic heterocycles. The molecule has 0 fully saturated rings. The van der Waals surface area contributed by atoms with Crippen molar-refractivity contribution in [1.29, 1.82) is 0 Å². The first-order valence-electron chi connectivity index (χ1n) is 5.25. The van der Waals surface area contributed by atoms with E-state index in [9.17, 15) is 0 Å². The Kier molecular flexibility index (Phi) is 2.51. The van der Waals surface area contributed by atoms with E-state index in [-0.39, 0.29) is 0 Å². The van der Waals surface area contributed by atoms with Crippen molar-refractivity contribution in [3.8, 4) is 0 Å². The van der Waals surface area contributed by atoms with Crippen LogP contribution < -0.4 is 5.73 Å². The van der Waals surface area contributed by atoms with Crippen LogP contribution in [0.4, 0.5) is 5.82 Å². The van der Waals surface area contributed by atoms with E-state index in [1.54, 1.807) is 21.8 Å². The van der Waals surface area contributed by atoms with Crippen molar-refractivity contribution < 1.29 is 0 Å². The summed E-state index contributed by atoms with van der Waals surface area (Å²) in [4.78, 5) is 8.69. The predicted octanol–water partition coefficient (Wildman–Crippen LogP) is 0.953. The molecule has 0 aromatic carbocycles. The Morgan fingerprint density at radius 3 is 2.83 bits per heavy atom. The number of nitrogens with two attached hydrogens (primary N) is 1. The van der Waals surface area contributed by atoms with Crippen LogP contribution in [0.3, 0.4) is 0 Å². The first kappa shape index (κ1) is 11.1. The van der Waals surface area contributed by atoms with Crippen molar-refractivity contribution in [2.75, 3.05) is 5.73 Å². The first-order chi connectivity index (χ1) is 8.63. The number of nitrogens with zero attached hydrogens (tertiary/aromatic N) is 6. The van der Waals surface area contributed by atoms with Gasteiger partial charge in [0.2, 0.25) is 0 Å².